The van der Waals surface area contributed by atoms with Crippen molar-refractivity contribution in [3.05, 3.63) is 109 Å². The van der Waals surface area contributed by atoms with Crippen LogP contribution in [0.1, 0.15) is 361 Å². The average Bonchev–Trinajstić information content (AvgIpc) is 1.56. The SMILES string of the molecule is CC/C=C\C/C=C\C/C=C\C/C=C\C/C=C\C/C=C\CCCCCCCCCCCCCCCCCCCCCCC(=O)OC(COC(=O)CCCCCCCCCCCCCCCCCC/C=C\C/C=C\C/C=C\CCCCCCC)COP(=O)([O-])OCC[N+](C)(C)C. The van der Waals surface area contributed by atoms with E-state index in [4.69, 9.17) is 18.5 Å². The highest BCUT2D eigenvalue weighted by atomic mass is 31.2. The van der Waals surface area contributed by atoms with Gasteiger partial charge in [0.1, 0.15) is 19.8 Å². The van der Waals surface area contributed by atoms with Gasteiger partial charge >= 0.3 is 11.9 Å². The molecule has 2 unspecified atom stereocenters. The zero-order valence-corrected chi connectivity index (χ0v) is 63.0. The second-order valence-electron chi connectivity index (χ2n) is 27.7. The largest absolute Gasteiger partial charge is 0.756 e. The number of hydrogen-bond acceptors (Lipinski definition) is 8. The molecule has 0 saturated carbocycles. The lowest BCUT2D eigenvalue weighted by Crippen LogP contribution is -2.37. The van der Waals surface area contributed by atoms with Gasteiger partial charge in [-0.2, -0.15) is 0 Å². The third-order valence-electron chi connectivity index (χ3n) is 17.3. The van der Waals surface area contributed by atoms with Crippen LogP contribution >= 0.6 is 7.82 Å². The molecular weight excluding hydrogens is 1180 g/mol. The summed E-state index contributed by atoms with van der Waals surface area (Å²) >= 11 is 0. The molecule has 0 aliphatic carbocycles. The molecule has 0 amide bonds. The molecule has 0 N–H and O–H groups in total. The molecule has 0 aromatic rings. The summed E-state index contributed by atoms with van der Waals surface area (Å²) in [5, 5.41) is 0. The van der Waals surface area contributed by atoms with Gasteiger partial charge in [0, 0.05) is 12.8 Å². The number of nitrogens with zero attached hydrogens (tertiary/aromatic N) is 1. The first-order valence-electron chi connectivity index (χ1n) is 39.6. The van der Waals surface area contributed by atoms with Crippen molar-refractivity contribution in [2.45, 2.75) is 367 Å². The van der Waals surface area contributed by atoms with Crippen molar-refractivity contribution in [1.29, 1.82) is 0 Å². The Bertz CT molecular complexity index is 1960. The second-order valence-corrected chi connectivity index (χ2v) is 29.1. The van der Waals surface area contributed by atoms with E-state index in [0.29, 0.717) is 17.4 Å². The maximum Gasteiger partial charge on any atom is 0.306 e. The lowest BCUT2D eigenvalue weighted by atomic mass is 10.0. The summed E-state index contributed by atoms with van der Waals surface area (Å²) in [5.41, 5.74) is 0. The summed E-state index contributed by atoms with van der Waals surface area (Å²) in [6.07, 6.45) is 105. The van der Waals surface area contributed by atoms with Crippen molar-refractivity contribution in [2.75, 3.05) is 47.5 Å². The molecule has 0 heterocycles. The van der Waals surface area contributed by atoms with Gasteiger partial charge in [-0.3, -0.25) is 14.2 Å². The molecule has 0 fully saturated rings. The van der Waals surface area contributed by atoms with Crippen LogP contribution in [0, 0.1) is 0 Å². The van der Waals surface area contributed by atoms with E-state index in [1.807, 2.05) is 21.1 Å². The Labute approximate surface area is 582 Å². The minimum absolute atomic E-state index is 0.0318. The zero-order chi connectivity index (χ0) is 68.3. The smallest absolute Gasteiger partial charge is 0.306 e. The number of allylic oxidation sites excluding steroid dienone is 18. The third kappa shape index (κ3) is 77.7. The average molecular weight is 1330 g/mol. The number of likely N-dealkylation sites (N-methyl/N-ethyl adjacent to an activating group) is 1. The maximum atomic E-state index is 12.9. The normalized spacial score (nSPS) is 13.6. The molecule has 0 saturated heterocycles. The second kappa shape index (κ2) is 73.9. The van der Waals surface area contributed by atoms with Gasteiger partial charge in [-0.15, -0.1) is 0 Å². The Morgan fingerprint density at radius 2 is 0.606 bits per heavy atom. The van der Waals surface area contributed by atoms with Crippen molar-refractivity contribution >= 4 is 19.8 Å². The summed E-state index contributed by atoms with van der Waals surface area (Å²) in [4.78, 5) is 38.2. The Balaban J connectivity index is 3.96. The molecular formula is C84H150NO8P. The number of carbonyl (C=O) groups excluding carboxylic acids is 2. The van der Waals surface area contributed by atoms with Crippen molar-refractivity contribution in [3.8, 4) is 0 Å². The number of ether oxygens (including phenoxy) is 2. The molecule has 9 nitrogen and oxygen atoms in total. The van der Waals surface area contributed by atoms with Crippen molar-refractivity contribution in [2.24, 2.45) is 0 Å². The van der Waals surface area contributed by atoms with Gasteiger partial charge in [0.25, 0.3) is 7.82 Å². The van der Waals surface area contributed by atoms with Gasteiger partial charge in [-0.1, -0.05) is 354 Å². The lowest BCUT2D eigenvalue weighted by molar-refractivity contribution is -0.870. The van der Waals surface area contributed by atoms with Crippen molar-refractivity contribution in [1.82, 2.24) is 0 Å². The van der Waals surface area contributed by atoms with E-state index in [1.165, 1.54) is 238 Å². The molecule has 544 valence electrons. The fourth-order valence-corrected chi connectivity index (χ4v) is 12.0. The van der Waals surface area contributed by atoms with Gasteiger partial charge in [0.2, 0.25) is 0 Å². The monoisotopic (exact) mass is 1330 g/mol. The molecule has 2 atom stereocenters. The topological polar surface area (TPSA) is 111 Å². The summed E-state index contributed by atoms with van der Waals surface area (Å²) in [6.45, 7) is 4.16. The van der Waals surface area contributed by atoms with Crippen LogP contribution in [0.5, 0.6) is 0 Å². The van der Waals surface area contributed by atoms with Gasteiger partial charge in [-0.05, 0) is 103 Å². The Morgan fingerprint density at radius 3 is 0.904 bits per heavy atom. The van der Waals surface area contributed by atoms with Gasteiger partial charge in [0.15, 0.2) is 6.10 Å². The number of hydrogen-bond donors (Lipinski definition) is 0. The highest BCUT2D eigenvalue weighted by molar-refractivity contribution is 7.45. The number of unbranched alkanes of at least 4 members (excludes halogenated alkanes) is 41. The first-order chi connectivity index (χ1) is 46.0. The molecule has 0 aromatic carbocycles. The minimum Gasteiger partial charge on any atom is -0.756 e. The number of phosphoric ester groups is 1. The van der Waals surface area contributed by atoms with Crippen LogP contribution in [-0.2, 0) is 32.7 Å². The van der Waals surface area contributed by atoms with Crippen LogP contribution in [0.2, 0.25) is 0 Å². The van der Waals surface area contributed by atoms with E-state index in [0.717, 1.165) is 89.9 Å². The molecule has 0 aliphatic rings. The van der Waals surface area contributed by atoms with Crippen LogP contribution in [0.4, 0.5) is 0 Å². The molecule has 0 aromatic heterocycles. The van der Waals surface area contributed by atoms with Crippen molar-refractivity contribution in [3.63, 3.8) is 0 Å². The van der Waals surface area contributed by atoms with E-state index < -0.39 is 26.5 Å². The highest BCUT2D eigenvalue weighted by Gasteiger charge is 2.22. The van der Waals surface area contributed by atoms with Crippen LogP contribution in [-0.4, -0.2) is 70.0 Å². The number of quaternary nitrogens is 1. The third-order valence-corrected chi connectivity index (χ3v) is 18.2. The van der Waals surface area contributed by atoms with Gasteiger partial charge in [-0.25, -0.2) is 0 Å². The van der Waals surface area contributed by atoms with E-state index in [9.17, 15) is 19.0 Å². The van der Waals surface area contributed by atoms with E-state index in [-0.39, 0.29) is 32.0 Å². The Morgan fingerprint density at radius 1 is 0.340 bits per heavy atom. The lowest BCUT2D eigenvalue weighted by Gasteiger charge is -2.28. The summed E-state index contributed by atoms with van der Waals surface area (Å²) in [5.74, 6) is -0.819. The van der Waals surface area contributed by atoms with Crippen LogP contribution < -0.4 is 4.89 Å². The molecule has 0 rings (SSSR count). The Kier molecular flexibility index (Phi) is 71.3. The number of rotatable bonds is 73. The highest BCUT2D eigenvalue weighted by Crippen LogP contribution is 2.38. The molecule has 0 bridgehead atoms. The van der Waals surface area contributed by atoms with E-state index in [1.54, 1.807) is 0 Å². The predicted molar refractivity (Wildman–Crippen MR) is 406 cm³/mol. The van der Waals surface area contributed by atoms with Crippen LogP contribution in [0.3, 0.4) is 0 Å². The fourth-order valence-electron chi connectivity index (χ4n) is 11.3. The van der Waals surface area contributed by atoms with Crippen LogP contribution in [0.15, 0.2) is 109 Å². The van der Waals surface area contributed by atoms with Gasteiger partial charge in [0.05, 0.1) is 27.7 Å². The van der Waals surface area contributed by atoms with Crippen LogP contribution in [0.25, 0.3) is 0 Å². The molecule has 0 aliphatic heterocycles. The molecule has 94 heavy (non-hydrogen) atoms. The fraction of sp³-hybridized carbons (Fsp3) is 0.762. The zero-order valence-electron chi connectivity index (χ0n) is 62.1. The summed E-state index contributed by atoms with van der Waals surface area (Å²) in [7, 11) is 1.18. The molecule has 0 spiro atoms. The van der Waals surface area contributed by atoms with Crippen molar-refractivity contribution < 1.29 is 42.1 Å². The quantitative estimate of drug-likeness (QED) is 0.0195. The van der Waals surface area contributed by atoms with Gasteiger partial charge < -0.3 is 27.9 Å². The molecule has 0 radical (unpaired) electrons. The van der Waals surface area contributed by atoms with E-state index in [2.05, 4.69) is 123 Å². The number of carbonyl (C=O) groups is 2. The Hall–Kier alpha value is -3.33. The predicted octanol–water partition coefficient (Wildman–Crippen LogP) is 25.8. The van der Waals surface area contributed by atoms with E-state index >= 15 is 0 Å². The summed E-state index contributed by atoms with van der Waals surface area (Å²) < 4.78 is 34.4. The first kappa shape index (κ1) is 90.7. The standard InChI is InChI=1S/C84H150NO8P/c1-6-8-10-12-14-16-18-20-22-24-26-28-30-32-34-36-38-39-40-41-42-43-44-45-47-49-51-53-55-57-59-61-63-65-67-69-71-73-75-77-84(87)93-82(81-92-94(88,89)91-79-78-85(3,4)5)80-90-83(86)76-74-72-70-68-66-64-62-60-58-56-54-52-50-48-46-37-35-33-31-29-27-25-23-21-19-17-15-13-11-9-7-2/h8,10,14,16,19-22,25-28,31-34,38-39,82H,6-7,9,11-13,15,17-18,23-24,29-30,35-37,40-81H2,1-5H3/b10-8-,16-14-,21-19-,22-20-,27-25-,28-26-,33-31-,34-32-,39-38-. The molecule has 10 heteroatoms. The first-order valence-corrected chi connectivity index (χ1v) is 41.1. The maximum absolute atomic E-state index is 12.9. The minimum atomic E-state index is -4.65. The summed E-state index contributed by atoms with van der Waals surface area (Å²) in [6, 6.07) is 0. The number of esters is 2. The number of phosphoric acid groups is 1.